The molecule has 4 aliphatic rings. The second-order valence-electron chi connectivity index (χ2n) is 9.13. The first kappa shape index (κ1) is 19.8. The standard InChI is InChI=1S/C23H29NO6/c1-21-13-24(2)19-15-6-5-14(27-3)11-18(15)22(26,20(25)28-4)12-16(19)17(21)7-8-23(21)29-9-10-30-23/h5-6,11,17,26H,7-10,12-13H2,1-4H3/t17-,21-,22-/m0/s1. The zero-order valence-electron chi connectivity index (χ0n) is 18.0. The van der Waals surface area contributed by atoms with Gasteiger partial charge in [-0.2, -0.15) is 0 Å². The number of benzene rings is 1. The molecule has 2 aliphatic heterocycles. The van der Waals surface area contributed by atoms with Gasteiger partial charge < -0.3 is 29.0 Å². The molecule has 2 heterocycles. The molecule has 1 saturated heterocycles. The lowest BCUT2D eigenvalue weighted by Gasteiger charge is -2.52. The summed E-state index contributed by atoms with van der Waals surface area (Å²) in [7, 11) is 4.95. The fraction of sp³-hybridized carbons (Fsp3) is 0.609. The molecule has 1 aromatic carbocycles. The van der Waals surface area contributed by atoms with E-state index in [1.807, 2.05) is 12.1 Å². The average Bonchev–Trinajstić information content (AvgIpc) is 3.33. The van der Waals surface area contributed by atoms with Gasteiger partial charge in [-0.05, 0) is 36.1 Å². The Morgan fingerprint density at radius 2 is 2.00 bits per heavy atom. The number of ether oxygens (including phenoxy) is 4. The van der Waals surface area contributed by atoms with Crippen LogP contribution < -0.4 is 4.74 Å². The highest BCUT2D eigenvalue weighted by molar-refractivity contribution is 5.88. The van der Waals surface area contributed by atoms with E-state index in [1.165, 1.54) is 7.11 Å². The van der Waals surface area contributed by atoms with Crippen molar-refractivity contribution >= 4 is 11.7 Å². The summed E-state index contributed by atoms with van der Waals surface area (Å²) in [6.07, 6.45) is 1.90. The summed E-state index contributed by atoms with van der Waals surface area (Å²) in [5.74, 6) is -0.516. The van der Waals surface area contributed by atoms with Crippen molar-refractivity contribution in [3.8, 4) is 5.75 Å². The second kappa shape index (κ2) is 6.45. The molecular weight excluding hydrogens is 386 g/mol. The van der Waals surface area contributed by atoms with E-state index in [2.05, 4.69) is 18.9 Å². The third-order valence-corrected chi connectivity index (χ3v) is 7.72. The van der Waals surface area contributed by atoms with Crippen molar-refractivity contribution in [3.05, 3.63) is 34.9 Å². The molecule has 5 rings (SSSR count). The van der Waals surface area contributed by atoms with Gasteiger partial charge in [0, 0.05) is 48.7 Å². The number of fused-ring (bicyclic) bond motifs is 5. The lowest BCUT2D eigenvalue weighted by atomic mass is 9.63. The highest BCUT2D eigenvalue weighted by atomic mass is 16.7. The van der Waals surface area contributed by atoms with Crippen LogP contribution in [-0.2, 0) is 24.6 Å². The Labute approximate surface area is 176 Å². The molecule has 0 unspecified atom stereocenters. The summed E-state index contributed by atoms with van der Waals surface area (Å²) in [5, 5.41) is 11.7. The average molecular weight is 415 g/mol. The summed E-state index contributed by atoms with van der Waals surface area (Å²) in [6.45, 7) is 4.20. The van der Waals surface area contributed by atoms with Crippen molar-refractivity contribution in [2.75, 3.05) is 41.0 Å². The van der Waals surface area contributed by atoms with Gasteiger partial charge in [0.1, 0.15) is 5.75 Å². The molecule has 1 spiro atoms. The first-order valence-electron chi connectivity index (χ1n) is 10.5. The van der Waals surface area contributed by atoms with Crippen LogP contribution in [0.4, 0.5) is 0 Å². The maximum Gasteiger partial charge on any atom is 0.342 e. The Hall–Kier alpha value is -2.09. The minimum absolute atomic E-state index is 0.147. The maximum atomic E-state index is 12.8. The molecule has 30 heavy (non-hydrogen) atoms. The van der Waals surface area contributed by atoms with Gasteiger partial charge in [0.25, 0.3) is 0 Å². The Morgan fingerprint density at radius 1 is 1.27 bits per heavy atom. The van der Waals surface area contributed by atoms with Gasteiger partial charge in [-0.25, -0.2) is 4.79 Å². The molecular formula is C23H29NO6. The van der Waals surface area contributed by atoms with Crippen LogP contribution in [0, 0.1) is 11.3 Å². The Bertz CT molecular complexity index is 936. The van der Waals surface area contributed by atoms with E-state index >= 15 is 0 Å². The number of nitrogens with zero attached hydrogens (tertiary/aromatic N) is 1. The van der Waals surface area contributed by atoms with Gasteiger partial charge in [-0.1, -0.05) is 6.92 Å². The molecule has 7 heteroatoms. The zero-order valence-corrected chi connectivity index (χ0v) is 18.0. The van der Waals surface area contributed by atoms with Gasteiger partial charge in [-0.3, -0.25) is 0 Å². The number of rotatable bonds is 2. The molecule has 0 bridgehead atoms. The molecule has 0 aromatic heterocycles. The quantitative estimate of drug-likeness (QED) is 0.743. The zero-order chi connectivity index (χ0) is 21.3. The number of hydrogen-bond acceptors (Lipinski definition) is 7. The Kier molecular flexibility index (Phi) is 4.27. The number of aliphatic hydroxyl groups is 1. The van der Waals surface area contributed by atoms with Crippen LogP contribution in [0.5, 0.6) is 5.75 Å². The third-order valence-electron chi connectivity index (χ3n) is 7.72. The van der Waals surface area contributed by atoms with E-state index in [0.29, 0.717) is 24.5 Å². The smallest absolute Gasteiger partial charge is 0.342 e. The van der Waals surface area contributed by atoms with Gasteiger partial charge in [0.15, 0.2) is 11.4 Å². The highest BCUT2D eigenvalue weighted by Crippen LogP contribution is 2.63. The minimum Gasteiger partial charge on any atom is -0.497 e. The summed E-state index contributed by atoms with van der Waals surface area (Å²) >= 11 is 0. The van der Waals surface area contributed by atoms with E-state index in [9.17, 15) is 9.90 Å². The van der Waals surface area contributed by atoms with Gasteiger partial charge in [-0.15, -0.1) is 0 Å². The highest BCUT2D eigenvalue weighted by Gasteiger charge is 2.65. The normalized spacial score (nSPS) is 33.9. The number of carbonyl (C=O) groups excluding carboxylic acids is 1. The lowest BCUT2D eigenvalue weighted by Crippen LogP contribution is -2.56. The summed E-state index contributed by atoms with van der Waals surface area (Å²) in [6, 6.07) is 5.55. The van der Waals surface area contributed by atoms with Gasteiger partial charge in [0.2, 0.25) is 0 Å². The van der Waals surface area contributed by atoms with Crippen molar-refractivity contribution in [2.45, 2.75) is 37.6 Å². The van der Waals surface area contributed by atoms with E-state index in [1.54, 1.807) is 13.2 Å². The largest absolute Gasteiger partial charge is 0.497 e. The minimum atomic E-state index is -1.76. The monoisotopic (exact) mass is 415 g/mol. The predicted octanol–water partition coefficient (Wildman–Crippen LogP) is 2.28. The molecule has 0 amide bonds. The number of hydrogen-bond donors (Lipinski definition) is 1. The fourth-order valence-corrected chi connectivity index (χ4v) is 6.41. The van der Waals surface area contributed by atoms with Crippen molar-refractivity contribution < 1.29 is 28.8 Å². The maximum absolute atomic E-state index is 12.8. The molecule has 1 aromatic rings. The van der Waals surface area contributed by atoms with E-state index in [4.69, 9.17) is 18.9 Å². The Morgan fingerprint density at radius 3 is 2.67 bits per heavy atom. The summed E-state index contributed by atoms with van der Waals surface area (Å²) < 4.78 is 22.8. The van der Waals surface area contributed by atoms with Crippen LogP contribution in [0.1, 0.15) is 37.3 Å². The molecule has 7 nitrogen and oxygen atoms in total. The topological polar surface area (TPSA) is 77.5 Å². The molecule has 3 atom stereocenters. The SMILES string of the molecule is COC(=O)[C@]1(O)CC2=C(c3ccc(OC)cc31)N(C)C[C@@]1(C)[C@H]2CCC12OCCO2. The van der Waals surface area contributed by atoms with E-state index in [-0.39, 0.29) is 17.8 Å². The van der Waals surface area contributed by atoms with Gasteiger partial charge >= 0.3 is 5.97 Å². The summed E-state index contributed by atoms with van der Waals surface area (Å²) in [4.78, 5) is 15.1. The summed E-state index contributed by atoms with van der Waals surface area (Å²) in [5.41, 5.74) is 1.51. The van der Waals surface area contributed by atoms with Crippen LogP contribution in [0.3, 0.4) is 0 Å². The second-order valence-corrected chi connectivity index (χ2v) is 9.13. The molecule has 1 saturated carbocycles. The number of methoxy groups -OCH3 is 2. The lowest BCUT2D eigenvalue weighted by molar-refractivity contribution is -0.226. The van der Waals surface area contributed by atoms with Crippen LogP contribution in [0.15, 0.2) is 23.8 Å². The predicted molar refractivity (Wildman–Crippen MR) is 109 cm³/mol. The third kappa shape index (κ3) is 2.34. The molecule has 2 fully saturated rings. The van der Waals surface area contributed by atoms with E-state index < -0.39 is 17.4 Å². The number of esters is 1. The van der Waals surface area contributed by atoms with Crippen LogP contribution in [0.25, 0.3) is 5.70 Å². The van der Waals surface area contributed by atoms with E-state index in [0.717, 1.165) is 36.2 Å². The van der Waals surface area contributed by atoms with Crippen LogP contribution >= 0.6 is 0 Å². The number of carbonyl (C=O) groups is 1. The Balaban J connectivity index is 1.70. The molecule has 1 N–H and O–H groups in total. The fourth-order valence-electron chi connectivity index (χ4n) is 6.41. The molecule has 162 valence electrons. The van der Waals surface area contributed by atoms with Crippen molar-refractivity contribution in [1.82, 2.24) is 4.90 Å². The van der Waals surface area contributed by atoms with Crippen molar-refractivity contribution in [3.63, 3.8) is 0 Å². The van der Waals surface area contributed by atoms with Crippen molar-refractivity contribution in [1.29, 1.82) is 0 Å². The van der Waals surface area contributed by atoms with Crippen LogP contribution in [-0.4, -0.2) is 62.8 Å². The van der Waals surface area contributed by atoms with Gasteiger partial charge in [0.05, 0.1) is 27.4 Å². The molecule has 0 radical (unpaired) electrons. The first-order chi connectivity index (χ1) is 14.3. The molecule has 2 aliphatic carbocycles. The van der Waals surface area contributed by atoms with Crippen LogP contribution in [0.2, 0.25) is 0 Å². The first-order valence-corrected chi connectivity index (χ1v) is 10.5. The van der Waals surface area contributed by atoms with Crippen molar-refractivity contribution in [2.24, 2.45) is 11.3 Å².